The van der Waals surface area contributed by atoms with Crippen LogP contribution in [0.4, 0.5) is 5.69 Å². The van der Waals surface area contributed by atoms with E-state index < -0.39 is 12.0 Å². The van der Waals surface area contributed by atoms with Crippen LogP contribution >= 0.6 is 0 Å². The Labute approximate surface area is 111 Å². The molecule has 0 aliphatic rings. The maximum absolute atomic E-state index is 10.9. The Morgan fingerprint density at radius 3 is 2.11 bits per heavy atom. The smallest absolute Gasteiger partial charge is 0.327 e. The highest BCUT2D eigenvalue weighted by Gasteiger charge is 2.18. The van der Waals surface area contributed by atoms with Gasteiger partial charge < -0.3 is 30.4 Å². The highest BCUT2D eigenvalue weighted by Crippen LogP contribution is 2.40. The number of carbonyl (C=O) groups is 1. The van der Waals surface area contributed by atoms with Crippen LogP contribution in [0.2, 0.25) is 0 Å². The molecule has 1 atom stereocenters. The lowest BCUT2D eigenvalue weighted by Crippen LogP contribution is -2.36. The second-order valence-electron chi connectivity index (χ2n) is 3.68. The van der Waals surface area contributed by atoms with Gasteiger partial charge in [0.2, 0.25) is 5.75 Å². The standard InChI is InChI=1S/C12H18N2O5/c1-17-9-4-7(14-8(6-13)12(15)16)5-10(18-2)11(9)19-3/h4-5,8,14H,6,13H2,1-3H3,(H,15,16). The number of ether oxygens (including phenoxy) is 3. The summed E-state index contributed by atoms with van der Waals surface area (Å²) in [4.78, 5) is 10.9. The number of hydrogen-bond acceptors (Lipinski definition) is 6. The van der Waals surface area contributed by atoms with Crippen molar-refractivity contribution >= 4 is 11.7 Å². The quantitative estimate of drug-likeness (QED) is 0.664. The van der Waals surface area contributed by atoms with Gasteiger partial charge >= 0.3 is 5.97 Å². The van der Waals surface area contributed by atoms with Gasteiger partial charge in [-0.1, -0.05) is 0 Å². The average Bonchev–Trinajstić information content (AvgIpc) is 2.42. The SMILES string of the molecule is COc1cc(NC(CN)C(=O)O)cc(OC)c1OC. The molecule has 0 amide bonds. The third-order valence-corrected chi connectivity index (χ3v) is 2.54. The van der Waals surface area contributed by atoms with Crippen LogP contribution < -0.4 is 25.3 Å². The van der Waals surface area contributed by atoms with Gasteiger partial charge in [-0.3, -0.25) is 0 Å². The Kier molecular flexibility index (Phi) is 5.25. The Balaban J connectivity index is 3.12. The number of anilines is 1. The molecule has 0 saturated heterocycles. The van der Waals surface area contributed by atoms with E-state index >= 15 is 0 Å². The number of carboxylic acids is 1. The molecule has 19 heavy (non-hydrogen) atoms. The molecule has 0 aliphatic heterocycles. The van der Waals surface area contributed by atoms with Crippen molar-refractivity contribution in [2.75, 3.05) is 33.2 Å². The molecule has 1 rings (SSSR count). The topological polar surface area (TPSA) is 103 Å². The molecule has 0 aromatic heterocycles. The zero-order valence-electron chi connectivity index (χ0n) is 11.1. The normalized spacial score (nSPS) is 11.6. The van der Waals surface area contributed by atoms with Crippen LogP contribution in [0.3, 0.4) is 0 Å². The second kappa shape index (κ2) is 6.69. The maximum Gasteiger partial charge on any atom is 0.327 e. The Hall–Kier alpha value is -2.15. The molecular weight excluding hydrogens is 252 g/mol. The van der Waals surface area contributed by atoms with E-state index in [0.717, 1.165) is 0 Å². The highest BCUT2D eigenvalue weighted by molar-refractivity contribution is 5.78. The van der Waals surface area contributed by atoms with E-state index in [4.69, 9.17) is 25.1 Å². The van der Waals surface area contributed by atoms with Gasteiger partial charge in [0.05, 0.1) is 21.3 Å². The number of hydrogen-bond donors (Lipinski definition) is 3. The molecule has 0 heterocycles. The fourth-order valence-corrected chi connectivity index (χ4v) is 1.59. The lowest BCUT2D eigenvalue weighted by atomic mass is 10.2. The van der Waals surface area contributed by atoms with Gasteiger partial charge in [-0.25, -0.2) is 4.79 Å². The Morgan fingerprint density at radius 2 is 1.79 bits per heavy atom. The maximum atomic E-state index is 10.9. The summed E-state index contributed by atoms with van der Waals surface area (Å²) < 4.78 is 15.5. The van der Waals surface area contributed by atoms with Gasteiger partial charge in [-0.15, -0.1) is 0 Å². The molecule has 106 valence electrons. The lowest BCUT2D eigenvalue weighted by Gasteiger charge is -2.17. The number of nitrogens with two attached hydrogens (primary N) is 1. The number of carboxylic acid groups (broad SMARTS) is 1. The lowest BCUT2D eigenvalue weighted by molar-refractivity contribution is -0.137. The molecule has 1 unspecified atom stereocenters. The minimum Gasteiger partial charge on any atom is -0.493 e. The van der Waals surface area contributed by atoms with E-state index in [-0.39, 0.29) is 6.54 Å². The first-order valence-electron chi connectivity index (χ1n) is 5.56. The molecule has 0 saturated carbocycles. The molecule has 7 nitrogen and oxygen atoms in total. The van der Waals surface area contributed by atoms with Crippen molar-refractivity contribution < 1.29 is 24.1 Å². The number of aliphatic carboxylic acids is 1. The molecule has 0 radical (unpaired) electrons. The number of rotatable bonds is 7. The van der Waals surface area contributed by atoms with E-state index in [0.29, 0.717) is 22.9 Å². The molecule has 7 heteroatoms. The molecule has 0 fully saturated rings. The monoisotopic (exact) mass is 270 g/mol. The molecular formula is C12H18N2O5. The minimum atomic E-state index is -1.03. The zero-order valence-corrected chi connectivity index (χ0v) is 11.1. The van der Waals surface area contributed by atoms with Crippen molar-refractivity contribution in [2.24, 2.45) is 5.73 Å². The fraction of sp³-hybridized carbons (Fsp3) is 0.417. The average molecular weight is 270 g/mol. The number of methoxy groups -OCH3 is 3. The molecule has 1 aromatic carbocycles. The van der Waals surface area contributed by atoms with Crippen LogP contribution in [0.15, 0.2) is 12.1 Å². The third-order valence-electron chi connectivity index (χ3n) is 2.54. The summed E-state index contributed by atoms with van der Waals surface area (Å²) in [5.41, 5.74) is 5.91. The summed E-state index contributed by atoms with van der Waals surface area (Å²) in [6, 6.07) is 2.35. The summed E-state index contributed by atoms with van der Waals surface area (Å²) in [7, 11) is 4.46. The summed E-state index contributed by atoms with van der Waals surface area (Å²) in [5, 5.41) is 11.7. The number of nitrogens with one attached hydrogen (secondary N) is 1. The van der Waals surface area contributed by atoms with Gasteiger partial charge in [-0.2, -0.15) is 0 Å². The molecule has 0 bridgehead atoms. The molecule has 0 spiro atoms. The third kappa shape index (κ3) is 3.41. The molecule has 0 aliphatic carbocycles. The highest BCUT2D eigenvalue weighted by atomic mass is 16.5. The van der Waals surface area contributed by atoms with Crippen LogP contribution in [-0.4, -0.2) is 45.0 Å². The first-order chi connectivity index (χ1) is 9.07. The van der Waals surface area contributed by atoms with E-state index in [1.54, 1.807) is 12.1 Å². The second-order valence-corrected chi connectivity index (χ2v) is 3.68. The van der Waals surface area contributed by atoms with Crippen LogP contribution in [0.1, 0.15) is 0 Å². The molecule has 1 aromatic rings. The number of benzene rings is 1. The van der Waals surface area contributed by atoms with E-state index in [2.05, 4.69) is 5.32 Å². The van der Waals surface area contributed by atoms with Gasteiger partial charge in [0.15, 0.2) is 11.5 Å². The van der Waals surface area contributed by atoms with Crippen LogP contribution in [0, 0.1) is 0 Å². The van der Waals surface area contributed by atoms with E-state index in [1.807, 2.05) is 0 Å². The van der Waals surface area contributed by atoms with Gasteiger partial charge in [0, 0.05) is 24.4 Å². The summed E-state index contributed by atoms with van der Waals surface area (Å²) >= 11 is 0. The Morgan fingerprint density at radius 1 is 1.26 bits per heavy atom. The van der Waals surface area contributed by atoms with Crippen LogP contribution in [-0.2, 0) is 4.79 Å². The van der Waals surface area contributed by atoms with E-state index in [1.165, 1.54) is 21.3 Å². The van der Waals surface area contributed by atoms with Crippen molar-refractivity contribution in [1.29, 1.82) is 0 Å². The van der Waals surface area contributed by atoms with Crippen molar-refractivity contribution in [2.45, 2.75) is 6.04 Å². The van der Waals surface area contributed by atoms with Gasteiger partial charge in [-0.05, 0) is 0 Å². The van der Waals surface area contributed by atoms with Crippen LogP contribution in [0.25, 0.3) is 0 Å². The predicted molar refractivity (Wildman–Crippen MR) is 70.2 cm³/mol. The largest absolute Gasteiger partial charge is 0.493 e. The zero-order chi connectivity index (χ0) is 14.4. The first-order valence-corrected chi connectivity index (χ1v) is 5.56. The van der Waals surface area contributed by atoms with Crippen molar-refractivity contribution in [3.05, 3.63) is 12.1 Å². The van der Waals surface area contributed by atoms with Crippen molar-refractivity contribution in [1.82, 2.24) is 0 Å². The fourth-order valence-electron chi connectivity index (χ4n) is 1.59. The summed E-state index contributed by atoms with van der Waals surface area (Å²) in [6.45, 7) is -0.0357. The summed E-state index contributed by atoms with van der Waals surface area (Å²) in [5.74, 6) is 0.280. The first kappa shape index (κ1) is 14.9. The summed E-state index contributed by atoms with van der Waals surface area (Å²) in [6.07, 6.45) is 0. The van der Waals surface area contributed by atoms with Gasteiger partial charge in [0.1, 0.15) is 6.04 Å². The van der Waals surface area contributed by atoms with Crippen molar-refractivity contribution in [3.8, 4) is 17.2 Å². The Bertz CT molecular complexity index is 425. The van der Waals surface area contributed by atoms with Crippen molar-refractivity contribution in [3.63, 3.8) is 0 Å². The van der Waals surface area contributed by atoms with Gasteiger partial charge in [0.25, 0.3) is 0 Å². The molecule has 4 N–H and O–H groups in total. The van der Waals surface area contributed by atoms with E-state index in [9.17, 15) is 4.79 Å². The van der Waals surface area contributed by atoms with Crippen LogP contribution in [0.5, 0.6) is 17.2 Å². The minimum absolute atomic E-state index is 0.0357. The predicted octanol–water partition coefficient (Wildman–Crippen LogP) is 0.536.